The van der Waals surface area contributed by atoms with E-state index in [2.05, 4.69) is 10.1 Å². The predicted molar refractivity (Wildman–Crippen MR) is 111 cm³/mol. The van der Waals surface area contributed by atoms with Crippen LogP contribution in [0.3, 0.4) is 0 Å². The highest BCUT2D eigenvalue weighted by Gasteiger charge is 2.38. The van der Waals surface area contributed by atoms with E-state index in [1.165, 1.54) is 18.2 Å². The van der Waals surface area contributed by atoms with Crippen molar-refractivity contribution in [2.24, 2.45) is 10.1 Å². The summed E-state index contributed by atoms with van der Waals surface area (Å²) < 4.78 is 28.8. The van der Waals surface area contributed by atoms with Gasteiger partial charge in [-0.1, -0.05) is 12.1 Å². The number of carboxylic acid groups (broad SMARTS) is 1. The molecule has 10 nitrogen and oxygen atoms in total. The molecule has 0 saturated heterocycles. The Bertz CT molecular complexity index is 1320. The molecule has 1 amide bonds. The molecule has 30 heavy (non-hydrogen) atoms. The van der Waals surface area contributed by atoms with E-state index in [-0.39, 0.29) is 32.3 Å². The summed E-state index contributed by atoms with van der Waals surface area (Å²) in [7, 11) is -3.61. The molecule has 12 heteroatoms. The van der Waals surface area contributed by atoms with Crippen molar-refractivity contribution in [2.75, 3.05) is 6.26 Å². The maximum atomic E-state index is 12.4. The first-order valence-corrected chi connectivity index (χ1v) is 11.0. The number of hydrazone groups is 1. The smallest absolute Gasteiger partial charge is 0.335 e. The third-order valence-corrected chi connectivity index (χ3v) is 6.64. The van der Waals surface area contributed by atoms with Gasteiger partial charge in [0.2, 0.25) is 19.4 Å². The second-order valence-electron chi connectivity index (χ2n) is 6.25. The molecule has 0 unspecified atom stereocenters. The van der Waals surface area contributed by atoms with Gasteiger partial charge in [-0.2, -0.15) is 10.0 Å². The zero-order valence-corrected chi connectivity index (χ0v) is 16.8. The van der Waals surface area contributed by atoms with Gasteiger partial charge in [-0.3, -0.25) is 10.2 Å². The summed E-state index contributed by atoms with van der Waals surface area (Å²) in [4.78, 5) is 27.3. The van der Waals surface area contributed by atoms with Crippen molar-refractivity contribution in [1.82, 2.24) is 5.01 Å². The van der Waals surface area contributed by atoms with Crippen molar-refractivity contribution in [3.05, 3.63) is 53.3 Å². The predicted octanol–water partition coefficient (Wildman–Crippen LogP) is 2.27. The average molecular weight is 444 g/mol. The van der Waals surface area contributed by atoms with Gasteiger partial charge < -0.3 is 9.52 Å². The number of furan rings is 1. The van der Waals surface area contributed by atoms with Crippen LogP contribution in [0.15, 0.2) is 56.5 Å². The number of aromatic carboxylic acids is 1. The molecular formula is C18H12N4O6S2. The minimum absolute atomic E-state index is 0.00630. The standard InChI is InChI=1S/C18H12N4O6S2/c1-30(26,27)18-21-22-14(19)12(15(23)20-17(22)29-18)8-11-5-6-13(28-11)9-3-2-4-10(7-9)16(24)25/h2-8,19H,1H3,(H,24,25)/b12-8+,19-14?. The molecule has 2 aliphatic heterocycles. The van der Waals surface area contributed by atoms with Crippen LogP contribution in [0, 0.1) is 5.41 Å². The number of nitrogens with zero attached hydrogens (tertiary/aromatic N) is 3. The topological polar surface area (TPSA) is 153 Å². The second-order valence-corrected chi connectivity index (χ2v) is 9.39. The number of fused-ring (bicyclic) bond motifs is 1. The molecule has 0 radical (unpaired) electrons. The number of aliphatic imine (C=N–C) groups is 1. The molecule has 2 N–H and O–H groups in total. The lowest BCUT2D eigenvalue weighted by Crippen LogP contribution is -2.35. The highest BCUT2D eigenvalue weighted by Crippen LogP contribution is 2.31. The monoisotopic (exact) mass is 444 g/mol. The number of carbonyl (C=O) groups excluding carboxylic acids is 1. The molecule has 2 aliphatic rings. The van der Waals surface area contributed by atoms with Gasteiger partial charge in [0.15, 0.2) is 5.84 Å². The van der Waals surface area contributed by atoms with Crippen molar-refractivity contribution in [2.45, 2.75) is 0 Å². The van der Waals surface area contributed by atoms with Crippen LogP contribution in [0.5, 0.6) is 0 Å². The molecule has 152 valence electrons. The molecule has 1 aromatic carbocycles. The third-order valence-electron chi connectivity index (χ3n) is 4.06. The van der Waals surface area contributed by atoms with Gasteiger partial charge in [0.05, 0.1) is 11.1 Å². The number of rotatable bonds is 3. The number of hydrogen-bond acceptors (Lipinski definition) is 8. The Morgan fingerprint density at radius 3 is 2.77 bits per heavy atom. The Kier molecular flexibility index (Phi) is 4.67. The van der Waals surface area contributed by atoms with Crippen molar-refractivity contribution in [1.29, 1.82) is 5.41 Å². The molecule has 0 fully saturated rings. The van der Waals surface area contributed by atoms with Crippen LogP contribution < -0.4 is 0 Å². The number of benzene rings is 1. The molecule has 0 aliphatic carbocycles. The first kappa shape index (κ1) is 19.8. The Morgan fingerprint density at radius 1 is 1.30 bits per heavy atom. The fourth-order valence-electron chi connectivity index (χ4n) is 2.66. The van der Waals surface area contributed by atoms with E-state index in [1.807, 2.05) is 0 Å². The van der Waals surface area contributed by atoms with E-state index in [0.29, 0.717) is 23.1 Å². The van der Waals surface area contributed by atoms with E-state index in [0.717, 1.165) is 11.3 Å². The molecule has 0 saturated carbocycles. The van der Waals surface area contributed by atoms with Crippen molar-refractivity contribution in [3.63, 3.8) is 0 Å². The highest BCUT2D eigenvalue weighted by molar-refractivity contribution is 8.42. The number of carboxylic acids is 1. The number of thioether (sulfide) groups is 1. The van der Waals surface area contributed by atoms with Crippen LogP contribution in [0.1, 0.15) is 16.1 Å². The summed E-state index contributed by atoms with van der Waals surface area (Å²) in [6, 6.07) is 9.32. The van der Waals surface area contributed by atoms with Crippen LogP contribution in [-0.2, 0) is 14.6 Å². The van der Waals surface area contributed by atoms with E-state index in [4.69, 9.17) is 14.9 Å². The van der Waals surface area contributed by atoms with Crippen LogP contribution in [0.25, 0.3) is 17.4 Å². The Balaban J connectivity index is 1.66. The number of sulfone groups is 1. The summed E-state index contributed by atoms with van der Waals surface area (Å²) in [6.45, 7) is 0. The minimum Gasteiger partial charge on any atom is -0.478 e. The van der Waals surface area contributed by atoms with Crippen molar-refractivity contribution in [3.8, 4) is 11.3 Å². The number of hydrogen-bond donors (Lipinski definition) is 2. The highest BCUT2D eigenvalue weighted by atomic mass is 32.3. The van der Waals surface area contributed by atoms with Gasteiger partial charge in [0.25, 0.3) is 5.91 Å². The number of nitrogens with one attached hydrogen (secondary N) is 1. The van der Waals surface area contributed by atoms with Crippen LogP contribution in [-0.4, -0.2) is 52.0 Å². The van der Waals surface area contributed by atoms with Gasteiger partial charge >= 0.3 is 5.97 Å². The third kappa shape index (κ3) is 3.57. The number of amidine groups is 2. The lowest BCUT2D eigenvalue weighted by molar-refractivity contribution is -0.114. The maximum Gasteiger partial charge on any atom is 0.335 e. The quantitative estimate of drug-likeness (QED) is 0.684. The number of carbonyl (C=O) groups is 2. The Hall–Kier alpha value is -3.51. The molecule has 4 rings (SSSR count). The zero-order valence-electron chi connectivity index (χ0n) is 15.2. The summed E-state index contributed by atoms with van der Waals surface area (Å²) in [6.07, 6.45) is 2.28. The van der Waals surface area contributed by atoms with Gasteiger partial charge in [-0.15, -0.1) is 5.10 Å². The van der Waals surface area contributed by atoms with Gasteiger partial charge in [-0.05, 0) is 42.1 Å². The van der Waals surface area contributed by atoms with E-state index in [9.17, 15) is 18.0 Å². The molecule has 0 spiro atoms. The summed E-state index contributed by atoms with van der Waals surface area (Å²) >= 11 is 0.700. The lowest BCUT2D eigenvalue weighted by atomic mass is 10.1. The Morgan fingerprint density at radius 2 is 2.07 bits per heavy atom. The summed E-state index contributed by atoms with van der Waals surface area (Å²) in [5.41, 5.74) is 0.502. The van der Waals surface area contributed by atoms with Gasteiger partial charge in [0, 0.05) is 11.8 Å². The van der Waals surface area contributed by atoms with E-state index < -0.39 is 21.7 Å². The fourth-order valence-corrected chi connectivity index (χ4v) is 4.34. The molecule has 3 heterocycles. The maximum absolute atomic E-state index is 12.4. The van der Waals surface area contributed by atoms with Crippen LogP contribution in [0.4, 0.5) is 0 Å². The van der Waals surface area contributed by atoms with Crippen LogP contribution in [0.2, 0.25) is 0 Å². The molecule has 0 atom stereocenters. The first-order chi connectivity index (χ1) is 14.1. The van der Waals surface area contributed by atoms with E-state index >= 15 is 0 Å². The summed E-state index contributed by atoms with van der Waals surface area (Å²) in [5.74, 6) is -1.52. The van der Waals surface area contributed by atoms with E-state index in [1.54, 1.807) is 24.3 Å². The van der Waals surface area contributed by atoms with Crippen LogP contribution >= 0.6 is 11.8 Å². The SMILES string of the molecule is CS(=O)(=O)C1=NN2C(=N)/C(=C\c3ccc(-c4cccc(C(=O)O)c4)o3)C(=O)N=C2S1. The molecule has 0 bridgehead atoms. The zero-order chi connectivity index (χ0) is 21.6. The minimum atomic E-state index is -3.61. The van der Waals surface area contributed by atoms with Gasteiger partial charge in [0.1, 0.15) is 11.5 Å². The first-order valence-electron chi connectivity index (χ1n) is 8.27. The average Bonchev–Trinajstić information content (AvgIpc) is 3.32. The largest absolute Gasteiger partial charge is 0.478 e. The summed E-state index contributed by atoms with van der Waals surface area (Å²) in [5, 5.41) is 22.2. The fraction of sp³-hybridized carbons (Fsp3) is 0.0556. The van der Waals surface area contributed by atoms with Crippen molar-refractivity contribution < 1.29 is 27.5 Å². The van der Waals surface area contributed by atoms with Gasteiger partial charge in [-0.25, -0.2) is 13.2 Å². The normalized spacial score (nSPS) is 17.8. The van der Waals surface area contributed by atoms with Crippen molar-refractivity contribution >= 4 is 54.9 Å². The molecule has 1 aromatic heterocycles. The molecular weight excluding hydrogens is 432 g/mol. The Labute approximate surface area is 174 Å². The lowest BCUT2D eigenvalue weighted by Gasteiger charge is -2.19. The second kappa shape index (κ2) is 7.07. The molecule has 2 aromatic rings. The number of amides is 1.